The maximum atomic E-state index is 12.9. The number of carbonyl (C=O) groups excluding carboxylic acids is 1. The van der Waals surface area contributed by atoms with Gasteiger partial charge in [0.05, 0.1) is 16.8 Å². The fourth-order valence-corrected chi connectivity index (χ4v) is 4.62. The van der Waals surface area contributed by atoms with Crippen LogP contribution in [0.2, 0.25) is 0 Å². The summed E-state index contributed by atoms with van der Waals surface area (Å²) in [5.41, 5.74) is 2.34. The van der Waals surface area contributed by atoms with Crippen molar-refractivity contribution in [3.05, 3.63) is 78.4 Å². The van der Waals surface area contributed by atoms with Crippen LogP contribution in [0.1, 0.15) is 24.1 Å². The van der Waals surface area contributed by atoms with Gasteiger partial charge in [0.25, 0.3) is 10.0 Å². The van der Waals surface area contributed by atoms with Gasteiger partial charge in [0.2, 0.25) is 5.91 Å². The molecule has 0 fully saturated rings. The first kappa shape index (κ1) is 19.2. The van der Waals surface area contributed by atoms with Gasteiger partial charge in [-0.25, -0.2) is 8.42 Å². The Bertz CT molecular complexity index is 1110. The van der Waals surface area contributed by atoms with Gasteiger partial charge in [-0.2, -0.15) is 0 Å². The quantitative estimate of drug-likeness (QED) is 0.701. The molecule has 8 heteroatoms. The van der Waals surface area contributed by atoms with E-state index in [0.717, 1.165) is 11.1 Å². The molecular formula is C21H22N4O3S. The van der Waals surface area contributed by atoms with Crippen molar-refractivity contribution in [2.24, 2.45) is 0 Å². The summed E-state index contributed by atoms with van der Waals surface area (Å²) >= 11 is 0. The maximum absolute atomic E-state index is 12.9. The highest BCUT2D eigenvalue weighted by Crippen LogP contribution is 2.25. The van der Waals surface area contributed by atoms with Crippen LogP contribution in [-0.2, 0) is 27.8 Å². The first-order valence-electron chi connectivity index (χ1n) is 9.40. The van der Waals surface area contributed by atoms with E-state index in [1.54, 1.807) is 35.4 Å². The molecule has 3 aromatic rings. The van der Waals surface area contributed by atoms with Crippen LogP contribution in [0.5, 0.6) is 0 Å². The van der Waals surface area contributed by atoms with Crippen LogP contribution in [0.25, 0.3) is 0 Å². The predicted molar refractivity (Wildman–Crippen MR) is 110 cm³/mol. The number of carbonyl (C=O) groups is 1. The molecule has 3 heterocycles. The summed E-state index contributed by atoms with van der Waals surface area (Å²) in [7, 11) is -3.73. The minimum atomic E-state index is -3.73. The van der Waals surface area contributed by atoms with E-state index in [4.69, 9.17) is 0 Å². The van der Waals surface area contributed by atoms with Gasteiger partial charge in [0, 0.05) is 31.7 Å². The number of aromatic nitrogens is 2. The predicted octanol–water partition coefficient (Wildman–Crippen LogP) is 2.83. The Morgan fingerprint density at radius 3 is 2.66 bits per heavy atom. The van der Waals surface area contributed by atoms with E-state index in [1.165, 1.54) is 6.20 Å². The van der Waals surface area contributed by atoms with Crippen LogP contribution in [0.3, 0.4) is 0 Å². The standard InChI is InChI=1S/C21H22N4O3S/c1-16(24-10-2-3-11-24)21(26)25-12-8-17-6-7-20(13-18(17)15-25)29(27,28)23-19-5-4-9-22-14-19/h2-7,9-11,13-14,16,23H,8,12,15H2,1H3/t16-/m1/s1. The third kappa shape index (κ3) is 4.02. The lowest BCUT2D eigenvalue weighted by Gasteiger charge is -2.31. The van der Waals surface area contributed by atoms with E-state index >= 15 is 0 Å². The molecule has 0 bridgehead atoms. The van der Waals surface area contributed by atoms with Crippen LogP contribution in [-0.4, -0.2) is 35.3 Å². The largest absolute Gasteiger partial charge is 0.342 e. The van der Waals surface area contributed by atoms with Gasteiger partial charge < -0.3 is 9.47 Å². The van der Waals surface area contributed by atoms with E-state index in [1.807, 2.05) is 42.1 Å². The topological polar surface area (TPSA) is 84.3 Å². The zero-order chi connectivity index (χ0) is 20.4. The van der Waals surface area contributed by atoms with E-state index in [9.17, 15) is 13.2 Å². The molecule has 0 saturated heterocycles. The van der Waals surface area contributed by atoms with E-state index in [0.29, 0.717) is 25.2 Å². The molecule has 0 radical (unpaired) electrons. The summed E-state index contributed by atoms with van der Waals surface area (Å²) in [6, 6.07) is 11.9. The molecule has 1 N–H and O–H groups in total. The molecule has 1 amide bonds. The van der Waals surface area contributed by atoms with Gasteiger partial charge in [-0.15, -0.1) is 0 Å². The summed E-state index contributed by atoms with van der Waals surface area (Å²) in [4.78, 5) is 18.8. The van der Waals surface area contributed by atoms with Gasteiger partial charge >= 0.3 is 0 Å². The van der Waals surface area contributed by atoms with Gasteiger partial charge in [-0.05, 0) is 60.9 Å². The second kappa shape index (κ2) is 7.71. The average Bonchev–Trinajstić information content (AvgIpc) is 3.27. The Hall–Kier alpha value is -3.13. The smallest absolute Gasteiger partial charge is 0.261 e. The molecule has 1 atom stereocenters. The lowest BCUT2D eigenvalue weighted by atomic mass is 9.99. The number of hydrogen-bond acceptors (Lipinski definition) is 4. The zero-order valence-corrected chi connectivity index (χ0v) is 16.8. The van der Waals surface area contributed by atoms with E-state index < -0.39 is 10.0 Å². The number of amides is 1. The molecule has 0 aliphatic carbocycles. The number of nitrogens with zero attached hydrogens (tertiary/aromatic N) is 3. The first-order chi connectivity index (χ1) is 13.9. The van der Waals surface area contributed by atoms with Crippen LogP contribution in [0.15, 0.2) is 72.1 Å². The summed E-state index contributed by atoms with van der Waals surface area (Å²) in [5.74, 6) is 0.0218. The second-order valence-electron chi connectivity index (χ2n) is 7.09. The molecule has 0 saturated carbocycles. The summed E-state index contributed by atoms with van der Waals surface area (Å²) in [6.45, 7) is 2.89. The third-order valence-electron chi connectivity index (χ3n) is 5.16. The van der Waals surface area contributed by atoms with E-state index in [2.05, 4.69) is 9.71 Å². The van der Waals surface area contributed by atoms with Gasteiger partial charge in [-0.1, -0.05) is 6.07 Å². The summed E-state index contributed by atoms with van der Waals surface area (Å²) in [5, 5.41) is 0. The molecule has 2 aromatic heterocycles. The van der Waals surface area contributed by atoms with Crippen LogP contribution < -0.4 is 4.72 Å². The Morgan fingerprint density at radius 2 is 1.93 bits per heavy atom. The molecule has 29 heavy (non-hydrogen) atoms. The van der Waals surface area contributed by atoms with E-state index in [-0.39, 0.29) is 16.8 Å². The highest BCUT2D eigenvalue weighted by atomic mass is 32.2. The zero-order valence-electron chi connectivity index (χ0n) is 16.0. The Balaban J connectivity index is 1.55. The summed E-state index contributed by atoms with van der Waals surface area (Å²) in [6.07, 6.45) is 7.48. The van der Waals surface area contributed by atoms with Crippen molar-refractivity contribution in [3.8, 4) is 0 Å². The van der Waals surface area contributed by atoms with Crippen molar-refractivity contribution in [3.63, 3.8) is 0 Å². The van der Waals surface area contributed by atoms with Gasteiger partial charge in [-0.3, -0.25) is 14.5 Å². The van der Waals surface area contributed by atoms with Crippen LogP contribution >= 0.6 is 0 Å². The van der Waals surface area contributed by atoms with Crippen molar-refractivity contribution in [2.45, 2.75) is 30.8 Å². The van der Waals surface area contributed by atoms with Gasteiger partial charge in [0.1, 0.15) is 6.04 Å². The van der Waals surface area contributed by atoms with Gasteiger partial charge in [0.15, 0.2) is 0 Å². The van der Waals surface area contributed by atoms with Crippen molar-refractivity contribution in [1.82, 2.24) is 14.5 Å². The first-order valence-corrected chi connectivity index (χ1v) is 10.9. The lowest BCUT2D eigenvalue weighted by molar-refractivity contribution is -0.135. The molecule has 4 rings (SSSR count). The second-order valence-corrected chi connectivity index (χ2v) is 8.78. The molecule has 150 valence electrons. The number of nitrogens with one attached hydrogen (secondary N) is 1. The highest BCUT2D eigenvalue weighted by molar-refractivity contribution is 7.92. The SMILES string of the molecule is C[C@H](C(=O)N1CCc2ccc(S(=O)(=O)Nc3cccnc3)cc2C1)n1cccc1. The van der Waals surface area contributed by atoms with Crippen molar-refractivity contribution < 1.29 is 13.2 Å². The minimum Gasteiger partial charge on any atom is -0.342 e. The fourth-order valence-electron chi connectivity index (χ4n) is 3.52. The number of pyridine rings is 1. The van der Waals surface area contributed by atoms with Crippen LogP contribution in [0, 0.1) is 0 Å². The normalized spacial score (nSPS) is 14.9. The third-order valence-corrected chi connectivity index (χ3v) is 6.54. The Labute approximate surface area is 170 Å². The van der Waals surface area contributed by atoms with Crippen molar-refractivity contribution >= 4 is 21.6 Å². The average molecular weight is 410 g/mol. The maximum Gasteiger partial charge on any atom is 0.261 e. The molecule has 0 spiro atoms. The fraction of sp³-hybridized carbons (Fsp3) is 0.238. The minimum absolute atomic E-state index is 0.0218. The lowest BCUT2D eigenvalue weighted by Crippen LogP contribution is -2.39. The molecular weight excluding hydrogens is 388 g/mol. The van der Waals surface area contributed by atoms with Crippen molar-refractivity contribution in [1.29, 1.82) is 0 Å². The number of sulfonamides is 1. The highest BCUT2D eigenvalue weighted by Gasteiger charge is 2.26. The Kier molecular flexibility index (Phi) is 5.10. The Morgan fingerprint density at radius 1 is 1.14 bits per heavy atom. The van der Waals surface area contributed by atoms with Crippen molar-refractivity contribution in [2.75, 3.05) is 11.3 Å². The number of fused-ring (bicyclic) bond motifs is 1. The van der Waals surface area contributed by atoms with Crippen LogP contribution in [0.4, 0.5) is 5.69 Å². The molecule has 7 nitrogen and oxygen atoms in total. The molecule has 0 unspecified atom stereocenters. The monoisotopic (exact) mass is 410 g/mol. The molecule has 1 aliphatic rings. The number of hydrogen-bond donors (Lipinski definition) is 1. The number of anilines is 1. The number of rotatable bonds is 5. The summed E-state index contributed by atoms with van der Waals surface area (Å²) < 4.78 is 29.9. The molecule has 1 aliphatic heterocycles. The molecule has 1 aromatic carbocycles. The number of benzene rings is 1.